The summed E-state index contributed by atoms with van der Waals surface area (Å²) in [5.74, 6) is -0.569. The van der Waals surface area contributed by atoms with Crippen LogP contribution in [0.1, 0.15) is 22.8 Å². The minimum atomic E-state index is -0.569. The Morgan fingerprint density at radius 3 is 2.60 bits per heavy atom. The number of nitriles is 1. The first kappa shape index (κ1) is 10.9. The van der Waals surface area contributed by atoms with E-state index in [9.17, 15) is 4.79 Å². The molecule has 5 heteroatoms. The van der Waals surface area contributed by atoms with E-state index < -0.39 is 5.97 Å². The first-order chi connectivity index (χ1) is 7.10. The minimum Gasteiger partial charge on any atom is -0.462 e. The van der Waals surface area contributed by atoms with Crippen molar-refractivity contribution in [2.24, 2.45) is 0 Å². The Kier molecular flexibility index (Phi) is 3.13. The number of ether oxygens (including phenoxy) is 1. The van der Waals surface area contributed by atoms with Gasteiger partial charge in [-0.2, -0.15) is 5.26 Å². The summed E-state index contributed by atoms with van der Waals surface area (Å²) in [7, 11) is 0. The van der Waals surface area contributed by atoms with Crippen molar-refractivity contribution >= 4 is 17.3 Å². The molecule has 0 saturated heterocycles. The average molecular weight is 205 g/mol. The fraction of sp³-hybridized carbons (Fsp3) is 0.200. The van der Waals surface area contributed by atoms with Gasteiger partial charge < -0.3 is 16.2 Å². The molecule has 1 rings (SSSR count). The number of benzene rings is 1. The van der Waals surface area contributed by atoms with Crippen LogP contribution >= 0.6 is 0 Å². The zero-order valence-corrected chi connectivity index (χ0v) is 8.28. The predicted octanol–water partition coefficient (Wildman–Crippen LogP) is 0.899. The number of carbonyl (C=O) groups excluding carboxylic acids is 1. The van der Waals surface area contributed by atoms with Crippen molar-refractivity contribution in [2.45, 2.75) is 6.92 Å². The molecule has 0 spiro atoms. The molecule has 0 aliphatic heterocycles. The summed E-state index contributed by atoms with van der Waals surface area (Å²) in [5, 5.41) is 8.80. The highest BCUT2D eigenvalue weighted by Gasteiger charge is 2.14. The van der Waals surface area contributed by atoms with Crippen molar-refractivity contribution in [3.8, 4) is 6.07 Å². The third-order valence-corrected chi connectivity index (χ3v) is 1.84. The molecule has 1 aromatic rings. The number of nitrogen functional groups attached to an aromatic ring is 2. The van der Waals surface area contributed by atoms with Gasteiger partial charge in [0.25, 0.3) is 0 Å². The lowest BCUT2D eigenvalue weighted by Crippen LogP contribution is -2.09. The number of hydrogen-bond donors (Lipinski definition) is 2. The van der Waals surface area contributed by atoms with E-state index in [-0.39, 0.29) is 29.1 Å². The lowest BCUT2D eigenvalue weighted by Gasteiger charge is -2.06. The fourth-order valence-corrected chi connectivity index (χ4v) is 1.10. The van der Waals surface area contributed by atoms with E-state index in [1.165, 1.54) is 12.1 Å². The lowest BCUT2D eigenvalue weighted by atomic mass is 10.1. The van der Waals surface area contributed by atoms with Crippen LogP contribution < -0.4 is 11.5 Å². The SMILES string of the molecule is CCOC(=O)c1cc(N)c(N)cc1C#N. The summed E-state index contributed by atoms with van der Waals surface area (Å²) in [6.45, 7) is 1.93. The van der Waals surface area contributed by atoms with Gasteiger partial charge in [0.1, 0.15) is 6.07 Å². The van der Waals surface area contributed by atoms with Crippen LogP contribution in [0.2, 0.25) is 0 Å². The van der Waals surface area contributed by atoms with E-state index >= 15 is 0 Å². The second-order valence-electron chi connectivity index (χ2n) is 2.86. The lowest BCUT2D eigenvalue weighted by molar-refractivity contribution is 0.0526. The first-order valence-corrected chi connectivity index (χ1v) is 4.36. The molecule has 0 bridgehead atoms. The van der Waals surface area contributed by atoms with Crippen molar-refractivity contribution in [3.05, 3.63) is 23.3 Å². The van der Waals surface area contributed by atoms with E-state index in [0.29, 0.717) is 0 Å². The van der Waals surface area contributed by atoms with Crippen LogP contribution in [-0.2, 0) is 4.74 Å². The molecule has 15 heavy (non-hydrogen) atoms. The van der Waals surface area contributed by atoms with Crippen LogP contribution in [0, 0.1) is 11.3 Å². The van der Waals surface area contributed by atoms with E-state index in [2.05, 4.69) is 0 Å². The molecule has 0 atom stereocenters. The van der Waals surface area contributed by atoms with Gasteiger partial charge in [0.2, 0.25) is 0 Å². The van der Waals surface area contributed by atoms with Crippen LogP contribution in [-0.4, -0.2) is 12.6 Å². The maximum absolute atomic E-state index is 11.4. The third kappa shape index (κ3) is 2.17. The van der Waals surface area contributed by atoms with E-state index in [0.717, 1.165) is 0 Å². The molecule has 0 amide bonds. The van der Waals surface area contributed by atoms with Crippen LogP contribution in [0.15, 0.2) is 12.1 Å². The monoisotopic (exact) mass is 205 g/mol. The number of hydrogen-bond acceptors (Lipinski definition) is 5. The highest BCUT2D eigenvalue weighted by molar-refractivity contribution is 5.94. The van der Waals surface area contributed by atoms with Crippen molar-refractivity contribution in [3.63, 3.8) is 0 Å². The van der Waals surface area contributed by atoms with Gasteiger partial charge in [0.05, 0.1) is 29.1 Å². The maximum atomic E-state index is 11.4. The average Bonchev–Trinajstić information content (AvgIpc) is 2.21. The number of carbonyl (C=O) groups is 1. The van der Waals surface area contributed by atoms with Crippen molar-refractivity contribution < 1.29 is 9.53 Å². The normalized spacial score (nSPS) is 9.33. The third-order valence-electron chi connectivity index (χ3n) is 1.84. The molecule has 1 aromatic carbocycles. The van der Waals surface area contributed by atoms with Crippen molar-refractivity contribution in [1.29, 1.82) is 5.26 Å². The standard InChI is InChI=1S/C10H11N3O2/c1-2-15-10(14)7-4-9(13)8(12)3-6(7)5-11/h3-4H,2,12-13H2,1H3. The van der Waals surface area contributed by atoms with Gasteiger partial charge in [-0.1, -0.05) is 0 Å². The van der Waals surface area contributed by atoms with Gasteiger partial charge in [-0.25, -0.2) is 4.79 Å². The second-order valence-corrected chi connectivity index (χ2v) is 2.86. The highest BCUT2D eigenvalue weighted by atomic mass is 16.5. The number of esters is 1. The van der Waals surface area contributed by atoms with Gasteiger partial charge in [0, 0.05) is 0 Å². The first-order valence-electron chi connectivity index (χ1n) is 4.36. The molecule has 0 radical (unpaired) electrons. The van der Waals surface area contributed by atoms with Crippen LogP contribution in [0.3, 0.4) is 0 Å². The predicted molar refractivity (Wildman–Crippen MR) is 55.9 cm³/mol. The second kappa shape index (κ2) is 4.33. The molecule has 78 valence electrons. The largest absolute Gasteiger partial charge is 0.462 e. The Balaban J connectivity index is 3.23. The molecule has 0 saturated carbocycles. The van der Waals surface area contributed by atoms with Gasteiger partial charge >= 0.3 is 5.97 Å². The Morgan fingerprint density at radius 2 is 2.07 bits per heavy atom. The van der Waals surface area contributed by atoms with Crippen molar-refractivity contribution in [1.82, 2.24) is 0 Å². The van der Waals surface area contributed by atoms with Gasteiger partial charge in [-0.15, -0.1) is 0 Å². The molecule has 5 nitrogen and oxygen atoms in total. The van der Waals surface area contributed by atoms with Crippen LogP contribution in [0.4, 0.5) is 11.4 Å². The molecular formula is C10H11N3O2. The Labute approximate surface area is 87.2 Å². The van der Waals surface area contributed by atoms with Gasteiger partial charge in [-0.3, -0.25) is 0 Å². The van der Waals surface area contributed by atoms with Crippen LogP contribution in [0.25, 0.3) is 0 Å². The zero-order chi connectivity index (χ0) is 11.4. The number of anilines is 2. The molecule has 4 N–H and O–H groups in total. The van der Waals surface area contributed by atoms with Gasteiger partial charge in [-0.05, 0) is 19.1 Å². The number of rotatable bonds is 2. The highest BCUT2D eigenvalue weighted by Crippen LogP contribution is 2.21. The molecule has 0 fully saturated rings. The molecule has 0 unspecified atom stereocenters. The fourth-order valence-electron chi connectivity index (χ4n) is 1.10. The number of nitrogens with two attached hydrogens (primary N) is 2. The maximum Gasteiger partial charge on any atom is 0.339 e. The summed E-state index contributed by atoms with van der Waals surface area (Å²) < 4.78 is 4.78. The molecule has 0 aliphatic rings. The van der Waals surface area contributed by atoms with E-state index in [1.54, 1.807) is 6.92 Å². The zero-order valence-electron chi connectivity index (χ0n) is 8.28. The smallest absolute Gasteiger partial charge is 0.339 e. The topological polar surface area (TPSA) is 102 Å². The van der Waals surface area contributed by atoms with Crippen molar-refractivity contribution in [2.75, 3.05) is 18.1 Å². The minimum absolute atomic E-state index is 0.144. The summed E-state index contributed by atoms with van der Waals surface area (Å²) in [4.78, 5) is 11.4. The van der Waals surface area contributed by atoms with E-state index in [1.807, 2.05) is 6.07 Å². The Morgan fingerprint density at radius 1 is 1.47 bits per heavy atom. The summed E-state index contributed by atoms with van der Waals surface area (Å²) in [6, 6.07) is 4.58. The molecule has 0 aliphatic carbocycles. The quantitative estimate of drug-likeness (QED) is 0.551. The van der Waals surface area contributed by atoms with Crippen LogP contribution in [0.5, 0.6) is 0 Å². The summed E-state index contributed by atoms with van der Waals surface area (Å²) >= 11 is 0. The molecule has 0 aromatic heterocycles. The summed E-state index contributed by atoms with van der Waals surface area (Å²) in [6.07, 6.45) is 0. The molecule has 0 heterocycles. The Bertz CT molecular complexity index is 435. The summed E-state index contributed by atoms with van der Waals surface area (Å²) in [5.41, 5.74) is 11.9. The number of nitrogens with zero attached hydrogens (tertiary/aromatic N) is 1. The van der Waals surface area contributed by atoms with E-state index in [4.69, 9.17) is 21.5 Å². The van der Waals surface area contributed by atoms with Gasteiger partial charge in [0.15, 0.2) is 0 Å². The Hall–Kier alpha value is -2.22. The molecular weight excluding hydrogens is 194 g/mol.